The maximum atomic E-state index is 9.33. The maximum Gasteiger partial charge on any atom is 0.134 e. The molecule has 0 saturated carbocycles. The second kappa shape index (κ2) is 5.83. The number of phenolic OH excluding ortho intramolecular Hbond substituents is 1. The minimum absolute atomic E-state index is 0.0908. The van der Waals surface area contributed by atoms with Crippen molar-refractivity contribution in [1.82, 2.24) is 0 Å². The van der Waals surface area contributed by atoms with Crippen molar-refractivity contribution in [1.29, 1.82) is 0 Å². The summed E-state index contributed by atoms with van der Waals surface area (Å²) in [5.74, 6) is 0.0908. The predicted molar refractivity (Wildman–Crippen MR) is 79.6 cm³/mol. The minimum atomic E-state index is 0.0908. The summed E-state index contributed by atoms with van der Waals surface area (Å²) < 4.78 is 0.903. The number of rotatable bonds is 3. The Morgan fingerprint density at radius 2 is 1.89 bits per heavy atom. The molecule has 0 saturated heterocycles. The summed E-state index contributed by atoms with van der Waals surface area (Å²) in [5, 5.41) is 13.6. The quantitative estimate of drug-likeness (QED) is 0.812. The van der Waals surface area contributed by atoms with E-state index in [0.717, 1.165) is 15.7 Å². The molecule has 5 heteroatoms. The smallest absolute Gasteiger partial charge is 0.134 e. The second-order valence-electron chi connectivity index (χ2n) is 3.76. The Hall–Kier alpha value is -0.900. The number of benzene rings is 2. The zero-order chi connectivity index (χ0) is 13.1. The Morgan fingerprint density at radius 3 is 2.56 bits per heavy atom. The lowest BCUT2D eigenvalue weighted by atomic mass is 10.2. The Kier molecular flexibility index (Phi) is 4.38. The molecule has 0 aromatic heterocycles. The first-order valence-electron chi connectivity index (χ1n) is 5.22. The van der Waals surface area contributed by atoms with Crippen LogP contribution in [0.25, 0.3) is 0 Å². The number of nitrogens with one attached hydrogen (secondary N) is 1. The van der Waals surface area contributed by atoms with E-state index in [1.165, 1.54) is 0 Å². The van der Waals surface area contributed by atoms with Gasteiger partial charge in [-0.15, -0.1) is 0 Å². The minimum Gasteiger partial charge on any atom is -0.506 e. The summed E-state index contributed by atoms with van der Waals surface area (Å²) in [6, 6.07) is 10.7. The first kappa shape index (κ1) is 13.5. The van der Waals surface area contributed by atoms with Crippen molar-refractivity contribution in [3.8, 4) is 5.75 Å². The average molecular weight is 347 g/mol. The van der Waals surface area contributed by atoms with E-state index in [1.807, 2.05) is 24.3 Å². The molecule has 0 bridgehead atoms. The summed E-state index contributed by atoms with van der Waals surface area (Å²) in [4.78, 5) is 0. The molecule has 2 N–H and O–H groups in total. The standard InChI is InChI=1S/C13H10BrCl2NO/c14-10-6-9(15)2-3-12(10)17-7-8-1-4-13(18)11(16)5-8/h1-6,17-18H,7H2. The lowest BCUT2D eigenvalue weighted by Gasteiger charge is -2.09. The molecule has 0 amide bonds. The molecular formula is C13H10BrCl2NO. The van der Waals surface area contributed by atoms with Gasteiger partial charge in [0.1, 0.15) is 5.75 Å². The molecule has 0 aliphatic heterocycles. The number of phenols is 1. The van der Waals surface area contributed by atoms with E-state index in [9.17, 15) is 5.11 Å². The summed E-state index contributed by atoms with van der Waals surface area (Å²) in [6.45, 7) is 0.611. The van der Waals surface area contributed by atoms with Gasteiger partial charge < -0.3 is 10.4 Å². The van der Waals surface area contributed by atoms with Crippen LogP contribution in [0.4, 0.5) is 5.69 Å². The molecule has 0 fully saturated rings. The van der Waals surface area contributed by atoms with Gasteiger partial charge in [0, 0.05) is 21.7 Å². The fraction of sp³-hybridized carbons (Fsp3) is 0.0769. The zero-order valence-electron chi connectivity index (χ0n) is 9.25. The third kappa shape index (κ3) is 3.31. The Bertz CT molecular complexity index is 575. The maximum absolute atomic E-state index is 9.33. The van der Waals surface area contributed by atoms with E-state index in [2.05, 4.69) is 21.2 Å². The summed E-state index contributed by atoms with van der Waals surface area (Å²) in [6.07, 6.45) is 0. The van der Waals surface area contributed by atoms with Gasteiger partial charge in [-0.3, -0.25) is 0 Å². The van der Waals surface area contributed by atoms with Gasteiger partial charge in [-0.05, 0) is 51.8 Å². The van der Waals surface area contributed by atoms with Crippen LogP contribution in [0.3, 0.4) is 0 Å². The molecule has 94 valence electrons. The van der Waals surface area contributed by atoms with Crippen LogP contribution in [0.2, 0.25) is 10.0 Å². The van der Waals surface area contributed by atoms with Crippen molar-refractivity contribution < 1.29 is 5.11 Å². The first-order valence-corrected chi connectivity index (χ1v) is 6.77. The van der Waals surface area contributed by atoms with Crippen LogP contribution in [0.1, 0.15) is 5.56 Å². The predicted octanol–water partition coefficient (Wildman–Crippen LogP) is 5.07. The SMILES string of the molecule is Oc1ccc(CNc2ccc(Cl)cc2Br)cc1Cl. The van der Waals surface area contributed by atoms with Gasteiger partial charge in [0.25, 0.3) is 0 Å². The van der Waals surface area contributed by atoms with E-state index in [4.69, 9.17) is 23.2 Å². The number of hydrogen-bond acceptors (Lipinski definition) is 2. The molecule has 2 aromatic carbocycles. The van der Waals surface area contributed by atoms with Crippen molar-refractivity contribution in [2.45, 2.75) is 6.54 Å². The highest BCUT2D eigenvalue weighted by Crippen LogP contribution is 2.27. The van der Waals surface area contributed by atoms with Crippen LogP contribution in [-0.2, 0) is 6.54 Å². The first-order chi connectivity index (χ1) is 8.56. The van der Waals surface area contributed by atoms with Crippen molar-refractivity contribution >= 4 is 44.8 Å². The Morgan fingerprint density at radius 1 is 1.11 bits per heavy atom. The zero-order valence-corrected chi connectivity index (χ0v) is 12.4. The molecule has 0 heterocycles. The van der Waals surface area contributed by atoms with Gasteiger partial charge >= 0.3 is 0 Å². The Labute approximate surface area is 124 Å². The van der Waals surface area contributed by atoms with Crippen molar-refractivity contribution in [2.75, 3.05) is 5.32 Å². The van der Waals surface area contributed by atoms with Crippen LogP contribution < -0.4 is 5.32 Å². The van der Waals surface area contributed by atoms with Gasteiger partial charge in [-0.1, -0.05) is 29.3 Å². The van der Waals surface area contributed by atoms with Crippen LogP contribution in [0.5, 0.6) is 5.75 Å². The van der Waals surface area contributed by atoms with Gasteiger partial charge in [0.2, 0.25) is 0 Å². The molecule has 0 aliphatic rings. The number of aromatic hydroxyl groups is 1. The van der Waals surface area contributed by atoms with Crippen LogP contribution in [-0.4, -0.2) is 5.11 Å². The summed E-state index contributed by atoms with van der Waals surface area (Å²) in [7, 11) is 0. The molecule has 0 aliphatic carbocycles. The van der Waals surface area contributed by atoms with Crippen molar-refractivity contribution in [3.05, 3.63) is 56.5 Å². The molecule has 2 rings (SSSR count). The van der Waals surface area contributed by atoms with Crippen LogP contribution in [0, 0.1) is 0 Å². The number of halogens is 3. The molecule has 0 atom stereocenters. The fourth-order valence-electron chi connectivity index (χ4n) is 1.49. The third-order valence-corrected chi connectivity index (χ3v) is 3.62. The van der Waals surface area contributed by atoms with Gasteiger partial charge in [0.15, 0.2) is 0 Å². The Balaban J connectivity index is 2.09. The van der Waals surface area contributed by atoms with Crippen molar-refractivity contribution in [3.63, 3.8) is 0 Å². The largest absolute Gasteiger partial charge is 0.506 e. The molecule has 0 radical (unpaired) electrons. The van der Waals surface area contributed by atoms with Crippen LogP contribution in [0.15, 0.2) is 40.9 Å². The highest BCUT2D eigenvalue weighted by Gasteiger charge is 2.02. The molecule has 2 aromatic rings. The molecule has 2 nitrogen and oxygen atoms in total. The van der Waals surface area contributed by atoms with E-state index in [-0.39, 0.29) is 5.75 Å². The normalized spacial score (nSPS) is 10.4. The van der Waals surface area contributed by atoms with E-state index >= 15 is 0 Å². The van der Waals surface area contributed by atoms with Gasteiger partial charge in [0.05, 0.1) is 5.02 Å². The summed E-state index contributed by atoms with van der Waals surface area (Å²) in [5.41, 5.74) is 1.93. The highest BCUT2D eigenvalue weighted by molar-refractivity contribution is 9.10. The van der Waals surface area contributed by atoms with Crippen LogP contribution >= 0.6 is 39.1 Å². The fourth-order valence-corrected chi connectivity index (χ4v) is 2.52. The third-order valence-electron chi connectivity index (χ3n) is 2.43. The number of anilines is 1. The molecular weight excluding hydrogens is 337 g/mol. The lowest BCUT2D eigenvalue weighted by molar-refractivity contribution is 0.475. The van der Waals surface area contributed by atoms with E-state index < -0.39 is 0 Å². The number of hydrogen-bond donors (Lipinski definition) is 2. The molecule has 18 heavy (non-hydrogen) atoms. The van der Waals surface area contributed by atoms with Crippen molar-refractivity contribution in [2.24, 2.45) is 0 Å². The summed E-state index contributed by atoms with van der Waals surface area (Å²) >= 11 is 15.1. The van der Waals surface area contributed by atoms with Gasteiger partial charge in [-0.2, -0.15) is 0 Å². The van der Waals surface area contributed by atoms with E-state index in [1.54, 1.807) is 12.1 Å². The van der Waals surface area contributed by atoms with Gasteiger partial charge in [-0.25, -0.2) is 0 Å². The lowest BCUT2D eigenvalue weighted by Crippen LogP contribution is -1.99. The monoisotopic (exact) mass is 345 g/mol. The molecule has 0 spiro atoms. The highest BCUT2D eigenvalue weighted by atomic mass is 79.9. The average Bonchev–Trinajstić information content (AvgIpc) is 2.32. The molecule has 0 unspecified atom stereocenters. The van der Waals surface area contributed by atoms with E-state index in [0.29, 0.717) is 16.6 Å². The second-order valence-corrected chi connectivity index (χ2v) is 5.46. The topological polar surface area (TPSA) is 32.3 Å².